The van der Waals surface area contributed by atoms with Gasteiger partial charge in [0.05, 0.1) is 75.5 Å². The standard InChI is InChI=1S/C15H15ClFN3O3S2.C14H17N5O7S2.C3H8NO5P.C3H9S/c1-23-13(21)8-24-12-7-11(10(17)6-9(12)16)18-14-19-4-2-3-5-20(19)15(22)25-14;1-4-27(21,22)9-6-5-7-15-12(9)28(23,24)19-14(20)18-13-16-10(25-2)8-11(17-13)26-3;5-3(6)1-4-2-10(7,8)9;1-4(2)3/h6-7H,2-5,8H2,1H3;5-8H,4H2,1-3H3,(H2,16,17,18,19,20);4H,1-2H2,(H,5,6)(H2,7,8,9);1-3H3/q;;;+1/p-1/b18-14-;;;. The highest BCUT2D eigenvalue weighted by Crippen LogP contribution is 2.33. The van der Waals surface area contributed by atoms with Crippen molar-refractivity contribution in [1.29, 1.82) is 0 Å². The Kier molecular flexibility index (Phi) is 23.9. The number of aromatic nitrogens is 5. The first-order chi connectivity index (χ1) is 31.3. The Morgan fingerprint density at radius 1 is 1.06 bits per heavy atom. The maximum atomic E-state index is 14.3. The average molecular weight is 1080 g/mol. The van der Waals surface area contributed by atoms with E-state index in [1.807, 2.05) is 5.32 Å². The van der Waals surface area contributed by atoms with Gasteiger partial charge in [0.15, 0.2) is 14.9 Å². The van der Waals surface area contributed by atoms with E-state index in [2.05, 4.69) is 48.8 Å². The summed E-state index contributed by atoms with van der Waals surface area (Å²) in [6.45, 7) is 2.20. The number of ether oxygens (including phenoxy) is 3. The van der Waals surface area contributed by atoms with Crippen LogP contribution >= 0.6 is 42.3 Å². The van der Waals surface area contributed by atoms with Gasteiger partial charge in [0.25, 0.3) is 10.0 Å². The normalized spacial score (nSPS) is 13.2. The lowest BCUT2D eigenvalue weighted by Crippen LogP contribution is -2.36. The number of hydrogen-bond donors (Lipinski definition) is 5. The van der Waals surface area contributed by atoms with E-state index in [4.69, 9.17) is 31.1 Å². The fraction of sp³-hybridized carbons (Fsp3) is 0.429. The van der Waals surface area contributed by atoms with Crippen molar-refractivity contribution in [1.82, 2.24) is 34.4 Å². The molecule has 1 aliphatic rings. The smallest absolute Gasteiger partial charge is 0.335 e. The Balaban J connectivity index is 0.000000361. The van der Waals surface area contributed by atoms with E-state index in [1.54, 1.807) is 14.1 Å². The number of rotatable bonds is 15. The largest absolute Gasteiger partial charge is 0.778 e. The van der Waals surface area contributed by atoms with E-state index in [0.29, 0.717) is 33.7 Å². The van der Waals surface area contributed by atoms with E-state index in [-0.39, 0.29) is 44.8 Å². The summed E-state index contributed by atoms with van der Waals surface area (Å²) in [6, 6.07) is 5.12. The molecule has 24 nitrogen and oxygen atoms in total. The van der Waals surface area contributed by atoms with Crippen LogP contribution in [0.3, 0.4) is 0 Å². The van der Waals surface area contributed by atoms with Gasteiger partial charge in [-0.25, -0.2) is 37.0 Å². The molecule has 0 saturated carbocycles. The van der Waals surface area contributed by atoms with E-state index >= 15 is 0 Å². The average Bonchev–Trinajstić information content (AvgIpc) is 3.57. The van der Waals surface area contributed by atoms with Crippen LogP contribution in [0.15, 0.2) is 61.1 Å². The second kappa shape index (κ2) is 27.4. The van der Waals surface area contributed by atoms with Crippen LogP contribution in [0.2, 0.25) is 5.02 Å². The van der Waals surface area contributed by atoms with Gasteiger partial charge in [-0.05, 0) is 59.3 Å². The summed E-state index contributed by atoms with van der Waals surface area (Å²) in [5, 5.41) is 11.5. The molecule has 1 atom stereocenters. The number of amides is 2. The molecule has 0 radical (unpaired) electrons. The number of pyridine rings is 1. The number of thioether (sulfide) groups is 1. The molecule has 0 bridgehead atoms. The number of fused-ring (bicyclic) bond motifs is 1. The molecule has 4 aromatic rings. The van der Waals surface area contributed by atoms with E-state index in [9.17, 15) is 49.9 Å². The van der Waals surface area contributed by atoms with Crippen LogP contribution in [0.1, 0.15) is 19.8 Å². The Hall–Kier alpha value is -4.65. The summed E-state index contributed by atoms with van der Waals surface area (Å²) in [7, 11) is -8.26. The van der Waals surface area contributed by atoms with Gasteiger partial charge in [-0.2, -0.15) is 18.4 Å². The predicted octanol–water partition coefficient (Wildman–Crippen LogP) is 1.65. The lowest BCUT2D eigenvalue weighted by Gasteiger charge is -2.15. The highest BCUT2D eigenvalue weighted by atomic mass is 35.5. The zero-order valence-electron chi connectivity index (χ0n) is 36.8. The summed E-state index contributed by atoms with van der Waals surface area (Å²) in [4.78, 5) is 79.1. The highest BCUT2D eigenvalue weighted by molar-refractivity contribution is 8.00. The van der Waals surface area contributed by atoms with Gasteiger partial charge in [-0.1, -0.05) is 18.5 Å². The van der Waals surface area contributed by atoms with Gasteiger partial charge < -0.3 is 33.7 Å². The van der Waals surface area contributed by atoms with Crippen molar-refractivity contribution in [3.05, 3.63) is 61.8 Å². The number of carbonyl (C=O) groups is 3. The van der Waals surface area contributed by atoms with Gasteiger partial charge in [0, 0.05) is 24.2 Å². The van der Waals surface area contributed by atoms with Crippen molar-refractivity contribution in [2.24, 2.45) is 4.99 Å². The number of carboxylic acid groups (broad SMARTS) is 1. The quantitative estimate of drug-likeness (QED) is 0.0489. The minimum atomic E-state index is -4.61. The number of carboxylic acids is 1. The lowest BCUT2D eigenvalue weighted by molar-refractivity contribution is -0.193. The number of urea groups is 1. The topological polar surface area (TPSA) is 342 Å². The zero-order valence-corrected chi connectivity index (χ0v) is 42.5. The molecule has 2 amide bonds. The number of aliphatic carboxylic acids is 1. The number of halogens is 2. The molecule has 5 N–H and O–H groups in total. The zero-order chi connectivity index (χ0) is 50.7. The van der Waals surface area contributed by atoms with Crippen molar-refractivity contribution in [2.45, 2.75) is 47.7 Å². The Morgan fingerprint density at radius 3 is 2.19 bits per heavy atom. The van der Waals surface area contributed by atoms with Crippen LogP contribution < -0.4 is 39.4 Å². The third-order valence-corrected chi connectivity index (χ3v) is 13.6. The van der Waals surface area contributed by atoms with Crippen molar-refractivity contribution < 1.29 is 69.3 Å². The second-order valence-electron chi connectivity index (χ2n) is 13.2. The van der Waals surface area contributed by atoms with Gasteiger partial charge in [0.2, 0.25) is 22.5 Å². The third-order valence-electron chi connectivity index (χ3n) is 7.53. The fourth-order valence-electron chi connectivity index (χ4n) is 4.67. The summed E-state index contributed by atoms with van der Waals surface area (Å²) in [5.74, 6) is -2.62. The van der Waals surface area contributed by atoms with Crippen LogP contribution in [0.5, 0.6) is 11.8 Å². The predicted molar refractivity (Wildman–Crippen MR) is 247 cm³/mol. The number of sulfone groups is 1. The van der Waals surface area contributed by atoms with Crippen molar-refractivity contribution in [3.63, 3.8) is 0 Å². The molecule has 3 aromatic heterocycles. The number of nitrogens with one attached hydrogen (secondary N) is 3. The minimum Gasteiger partial charge on any atom is -0.778 e. The van der Waals surface area contributed by atoms with E-state index in [1.165, 1.54) is 46.5 Å². The number of esters is 1. The van der Waals surface area contributed by atoms with Crippen molar-refractivity contribution in [3.8, 4) is 11.8 Å². The maximum absolute atomic E-state index is 14.3. The van der Waals surface area contributed by atoms with Crippen LogP contribution in [0.25, 0.3) is 0 Å². The number of anilines is 1. The molecule has 4 heterocycles. The van der Waals surface area contributed by atoms with Gasteiger partial charge >= 0.3 is 22.8 Å². The third kappa shape index (κ3) is 20.2. The molecule has 0 aliphatic carbocycles. The second-order valence-corrected chi connectivity index (χ2v) is 23.4. The van der Waals surface area contributed by atoms with E-state index in [0.717, 1.165) is 54.3 Å². The molecule has 5 rings (SSSR count). The number of methoxy groups -OCH3 is 3. The maximum Gasteiger partial charge on any atom is 0.335 e. The summed E-state index contributed by atoms with van der Waals surface area (Å²) in [5.41, 5.74) is 0.0829. The van der Waals surface area contributed by atoms with E-state index < -0.39 is 74.0 Å². The molecule has 0 fully saturated rings. The lowest BCUT2D eigenvalue weighted by atomic mass is 10.3. The molecule has 1 aromatic carbocycles. The highest BCUT2D eigenvalue weighted by Gasteiger charge is 2.29. The summed E-state index contributed by atoms with van der Waals surface area (Å²) >= 11 is 8.17. The molecule has 1 aliphatic heterocycles. The molecule has 0 saturated heterocycles. The van der Waals surface area contributed by atoms with Gasteiger partial charge in [-0.3, -0.25) is 29.7 Å². The molecule has 67 heavy (non-hydrogen) atoms. The van der Waals surface area contributed by atoms with Crippen LogP contribution in [-0.4, -0.2) is 134 Å². The van der Waals surface area contributed by atoms with Crippen LogP contribution in [0.4, 0.5) is 20.8 Å². The van der Waals surface area contributed by atoms with Gasteiger partial charge in [0.1, 0.15) is 24.0 Å². The van der Waals surface area contributed by atoms with Crippen LogP contribution in [-0.2, 0) is 62.7 Å². The van der Waals surface area contributed by atoms with Gasteiger partial charge in [-0.15, -0.1) is 11.8 Å². The Bertz CT molecular complexity index is 2730. The number of carbonyl (C=O) groups excluding carboxylic acids is 2. The number of benzene rings is 1. The summed E-state index contributed by atoms with van der Waals surface area (Å²) in [6.07, 6.45) is 8.86. The molecule has 372 valence electrons. The van der Waals surface area contributed by atoms with Crippen molar-refractivity contribution >= 4 is 103 Å². The first-order valence-corrected chi connectivity index (χ1v) is 28.3. The van der Waals surface area contributed by atoms with Crippen molar-refractivity contribution in [2.75, 3.05) is 69.7 Å². The first kappa shape index (κ1) is 58.5. The molecular weight excluding hydrogens is 1030 g/mol. The Labute approximate surface area is 400 Å². The molecule has 1 unspecified atom stereocenters. The SMILES string of the molecule is CCS(=O)(=O)c1cccnc1S(=O)(=O)NC(=O)Nc1nc(OC)cc(OC)n1.COC(=O)CSc1cc(/N=c2\sc(=O)n3n2CCCC3)c(F)cc1Cl.C[S+](C)C.O=C(O)CNCP(=O)([O-])O. The monoisotopic (exact) mass is 1080 g/mol. The minimum absolute atomic E-state index is 0.0605. The Morgan fingerprint density at radius 2 is 1.66 bits per heavy atom. The molecule has 0 spiro atoms. The number of sulfonamides is 1. The fourth-order valence-corrected chi connectivity index (χ4v) is 9.60. The number of nitrogens with zero attached hydrogens (tertiary/aromatic N) is 6. The molecular formula is C35H48ClFN9O15PS5. The summed E-state index contributed by atoms with van der Waals surface area (Å²) < 4.78 is 92.9. The molecule has 32 heteroatoms. The number of hydrogen-bond acceptors (Lipinski definition) is 20. The first-order valence-electron chi connectivity index (χ1n) is 18.7. The van der Waals surface area contributed by atoms with Crippen LogP contribution in [0, 0.1) is 5.82 Å².